The Morgan fingerprint density at radius 2 is 1.64 bits per heavy atom. The van der Waals surface area contributed by atoms with Crippen molar-refractivity contribution in [2.75, 3.05) is 23.9 Å². The zero-order chi connectivity index (χ0) is 20.4. The quantitative estimate of drug-likeness (QED) is 0.592. The first kappa shape index (κ1) is 20.0. The van der Waals surface area contributed by atoms with Crippen molar-refractivity contribution >= 4 is 17.3 Å². The molecule has 2 aromatic carbocycles. The van der Waals surface area contributed by atoms with Crippen LogP contribution in [0.1, 0.15) is 36.5 Å². The van der Waals surface area contributed by atoms with Crippen LogP contribution < -0.4 is 15.0 Å². The van der Waals surface area contributed by atoms with Crippen LogP contribution in [0.5, 0.6) is 5.75 Å². The van der Waals surface area contributed by atoms with Crippen molar-refractivity contribution in [1.82, 2.24) is 0 Å². The van der Waals surface area contributed by atoms with Gasteiger partial charge in [-0.05, 0) is 50.5 Å². The third kappa shape index (κ3) is 3.63. The Morgan fingerprint density at radius 3 is 2.18 bits per heavy atom. The number of benzene rings is 2. The number of hydrogen-bond donors (Lipinski definition) is 1. The molecule has 0 aliphatic carbocycles. The lowest BCUT2D eigenvalue weighted by Gasteiger charge is -2.35. The second-order valence-electron chi connectivity index (χ2n) is 6.70. The highest BCUT2D eigenvalue weighted by molar-refractivity contribution is 6.04. The van der Waals surface area contributed by atoms with Crippen LogP contribution in [-0.2, 0) is 0 Å². The molecular formula is C20H20F4N2O2. The molecule has 1 atom stereocenters. The van der Waals surface area contributed by atoms with E-state index in [0.29, 0.717) is 6.04 Å². The summed E-state index contributed by atoms with van der Waals surface area (Å²) < 4.78 is 60.0. The van der Waals surface area contributed by atoms with E-state index >= 15 is 0 Å². The highest BCUT2D eigenvalue weighted by atomic mass is 19.2. The second-order valence-corrected chi connectivity index (χ2v) is 6.70. The lowest BCUT2D eigenvalue weighted by Crippen LogP contribution is -2.37. The molecular weight excluding hydrogens is 376 g/mol. The number of nitrogens with zero attached hydrogens (tertiary/aromatic N) is 1. The van der Waals surface area contributed by atoms with Crippen molar-refractivity contribution in [2.45, 2.75) is 32.2 Å². The standard InChI is InChI=1S/C20H20F4N2O2/c1-11-5-3-4-10-26(11)13-8-6-12(7-9-13)25-20(27)14-15(21)17(23)19(28-2)18(24)16(14)22/h6-9,11H,3-5,10H2,1-2H3,(H,25,27)/t11-/m0/s1. The fourth-order valence-electron chi connectivity index (χ4n) is 3.40. The molecule has 1 aliphatic heterocycles. The van der Waals surface area contributed by atoms with Crippen LogP contribution in [0.2, 0.25) is 0 Å². The molecule has 28 heavy (non-hydrogen) atoms. The van der Waals surface area contributed by atoms with Crippen molar-refractivity contribution in [1.29, 1.82) is 0 Å². The first-order valence-electron chi connectivity index (χ1n) is 8.93. The molecule has 0 radical (unpaired) electrons. The van der Waals surface area contributed by atoms with Gasteiger partial charge in [0.15, 0.2) is 17.4 Å². The smallest absolute Gasteiger partial charge is 0.261 e. The Balaban J connectivity index is 1.82. The molecule has 3 rings (SSSR count). The third-order valence-electron chi connectivity index (χ3n) is 4.91. The number of rotatable bonds is 4. The summed E-state index contributed by atoms with van der Waals surface area (Å²) in [5, 5.41) is 2.26. The van der Waals surface area contributed by atoms with Gasteiger partial charge in [-0.3, -0.25) is 4.79 Å². The molecule has 2 aromatic rings. The Labute approximate surface area is 160 Å². The summed E-state index contributed by atoms with van der Waals surface area (Å²) in [4.78, 5) is 14.5. The van der Waals surface area contributed by atoms with Crippen LogP contribution in [0.4, 0.5) is 28.9 Å². The molecule has 1 saturated heterocycles. The number of nitrogens with one attached hydrogen (secondary N) is 1. The third-order valence-corrected chi connectivity index (χ3v) is 4.91. The SMILES string of the molecule is COc1c(F)c(F)c(C(=O)Nc2ccc(N3CCCC[C@@H]3C)cc2)c(F)c1F. The van der Waals surface area contributed by atoms with Crippen molar-refractivity contribution in [3.05, 3.63) is 53.1 Å². The minimum Gasteiger partial charge on any atom is -0.491 e. The van der Waals surface area contributed by atoms with Crippen LogP contribution in [-0.4, -0.2) is 25.6 Å². The number of methoxy groups -OCH3 is 1. The fourth-order valence-corrected chi connectivity index (χ4v) is 3.40. The number of anilines is 2. The van der Waals surface area contributed by atoms with E-state index in [4.69, 9.17) is 0 Å². The predicted octanol–water partition coefficient (Wildman–Crippen LogP) is 4.88. The van der Waals surface area contributed by atoms with Crippen molar-refractivity contribution in [2.24, 2.45) is 0 Å². The van der Waals surface area contributed by atoms with Gasteiger partial charge in [0.25, 0.3) is 5.91 Å². The molecule has 1 heterocycles. The number of hydrogen-bond acceptors (Lipinski definition) is 3. The topological polar surface area (TPSA) is 41.6 Å². The molecule has 1 N–H and O–H groups in total. The largest absolute Gasteiger partial charge is 0.491 e. The number of amides is 1. The van der Waals surface area contributed by atoms with Gasteiger partial charge >= 0.3 is 0 Å². The first-order valence-corrected chi connectivity index (χ1v) is 8.93. The van der Waals surface area contributed by atoms with Gasteiger partial charge in [0, 0.05) is 24.0 Å². The first-order chi connectivity index (χ1) is 13.3. The molecule has 0 spiro atoms. The van der Waals surface area contributed by atoms with E-state index in [1.807, 2.05) is 0 Å². The summed E-state index contributed by atoms with van der Waals surface area (Å²) in [6, 6.07) is 7.09. The Hall–Kier alpha value is -2.77. The molecule has 0 unspecified atom stereocenters. The molecule has 8 heteroatoms. The van der Waals surface area contributed by atoms with Gasteiger partial charge < -0.3 is 15.0 Å². The Bertz CT molecular complexity index is 858. The van der Waals surface area contributed by atoms with Crippen LogP contribution in [0.15, 0.2) is 24.3 Å². The van der Waals surface area contributed by atoms with E-state index in [9.17, 15) is 22.4 Å². The lowest BCUT2D eigenvalue weighted by molar-refractivity contribution is 0.101. The van der Waals surface area contributed by atoms with Crippen LogP contribution in [0, 0.1) is 23.3 Å². The number of carbonyl (C=O) groups excluding carboxylic acids is 1. The van der Waals surface area contributed by atoms with Crippen LogP contribution >= 0.6 is 0 Å². The van der Waals surface area contributed by atoms with Gasteiger partial charge in [-0.1, -0.05) is 0 Å². The van der Waals surface area contributed by atoms with E-state index in [2.05, 4.69) is 21.9 Å². The van der Waals surface area contributed by atoms with Crippen LogP contribution in [0.25, 0.3) is 0 Å². The van der Waals surface area contributed by atoms with Crippen molar-refractivity contribution in [3.8, 4) is 5.75 Å². The summed E-state index contributed by atoms with van der Waals surface area (Å²) in [5.41, 5.74) is -0.137. The zero-order valence-corrected chi connectivity index (χ0v) is 15.5. The molecule has 1 fully saturated rings. The monoisotopic (exact) mass is 396 g/mol. The second kappa shape index (κ2) is 8.08. The van der Waals surface area contributed by atoms with E-state index in [0.717, 1.165) is 32.2 Å². The minimum absolute atomic E-state index is 0.244. The van der Waals surface area contributed by atoms with Gasteiger partial charge in [0.2, 0.25) is 11.6 Å². The van der Waals surface area contributed by atoms with E-state index in [-0.39, 0.29) is 5.69 Å². The van der Waals surface area contributed by atoms with Crippen molar-refractivity contribution in [3.63, 3.8) is 0 Å². The average Bonchev–Trinajstić information content (AvgIpc) is 2.68. The van der Waals surface area contributed by atoms with Gasteiger partial charge in [0.05, 0.1) is 7.11 Å². The molecule has 1 aliphatic rings. The lowest BCUT2D eigenvalue weighted by atomic mass is 10.0. The van der Waals surface area contributed by atoms with E-state index in [1.165, 1.54) is 6.42 Å². The molecule has 0 saturated carbocycles. The zero-order valence-electron chi connectivity index (χ0n) is 15.5. The Kier molecular flexibility index (Phi) is 5.76. The predicted molar refractivity (Wildman–Crippen MR) is 97.9 cm³/mol. The number of carbonyl (C=O) groups is 1. The summed E-state index contributed by atoms with van der Waals surface area (Å²) in [6.45, 7) is 3.06. The average molecular weight is 396 g/mol. The van der Waals surface area contributed by atoms with Crippen molar-refractivity contribution < 1.29 is 27.1 Å². The summed E-state index contributed by atoms with van der Waals surface area (Å²) in [5.74, 6) is -9.66. The summed E-state index contributed by atoms with van der Waals surface area (Å²) in [6.07, 6.45) is 3.36. The maximum absolute atomic E-state index is 14.1. The van der Waals surface area contributed by atoms with Crippen LogP contribution in [0.3, 0.4) is 0 Å². The van der Waals surface area contributed by atoms with Gasteiger partial charge in [-0.2, -0.15) is 8.78 Å². The van der Waals surface area contributed by atoms with Gasteiger partial charge in [0.1, 0.15) is 5.56 Å². The molecule has 1 amide bonds. The highest BCUT2D eigenvalue weighted by Crippen LogP contribution is 2.31. The number of halogens is 4. The Morgan fingerprint density at radius 1 is 1.04 bits per heavy atom. The normalized spacial score (nSPS) is 16.8. The minimum atomic E-state index is -1.81. The molecule has 0 aromatic heterocycles. The van der Waals surface area contributed by atoms with Gasteiger partial charge in [-0.25, -0.2) is 8.78 Å². The number of ether oxygens (including phenoxy) is 1. The maximum Gasteiger partial charge on any atom is 0.261 e. The van der Waals surface area contributed by atoms with E-state index < -0.39 is 40.5 Å². The summed E-state index contributed by atoms with van der Waals surface area (Å²) >= 11 is 0. The van der Waals surface area contributed by atoms with Gasteiger partial charge in [-0.15, -0.1) is 0 Å². The number of piperidine rings is 1. The van der Waals surface area contributed by atoms with E-state index in [1.54, 1.807) is 24.3 Å². The molecule has 150 valence electrons. The maximum atomic E-state index is 14.1. The fraction of sp³-hybridized carbons (Fsp3) is 0.350. The summed E-state index contributed by atoms with van der Waals surface area (Å²) in [7, 11) is 0.866. The highest BCUT2D eigenvalue weighted by Gasteiger charge is 2.30. The molecule has 0 bridgehead atoms. The molecule has 4 nitrogen and oxygen atoms in total.